The van der Waals surface area contributed by atoms with E-state index >= 15 is 0 Å². The summed E-state index contributed by atoms with van der Waals surface area (Å²) in [6.45, 7) is 0. The van der Waals surface area contributed by atoms with Crippen molar-refractivity contribution in [2.75, 3.05) is 0 Å². The van der Waals surface area contributed by atoms with E-state index in [4.69, 9.17) is 0 Å². The molecule has 9 heteroatoms. The maximum Gasteiger partial charge on any atom is 0.335 e. The van der Waals surface area contributed by atoms with Gasteiger partial charge >= 0.3 is 11.9 Å². The summed E-state index contributed by atoms with van der Waals surface area (Å²) in [5, 5.41) is 21.2. The second-order valence-electron chi connectivity index (χ2n) is 6.18. The van der Waals surface area contributed by atoms with E-state index in [1.807, 2.05) is 5.38 Å². The standard InChI is InChI=1S/C22H12N4O4S/c27-21(28)14-4-6-24-17(10-14)19-12-15(22(29)30)11-18(26-19)16-9-13(3-5-23-16)1-2-20-25-7-8-31-20/h3-12H,(H,27,28)(H,29,30). The lowest BCUT2D eigenvalue weighted by Crippen LogP contribution is -2.02. The molecule has 0 saturated heterocycles. The highest BCUT2D eigenvalue weighted by atomic mass is 32.1. The third-order valence-electron chi connectivity index (χ3n) is 4.11. The van der Waals surface area contributed by atoms with Gasteiger partial charge in [-0.3, -0.25) is 9.97 Å². The first-order valence-corrected chi connectivity index (χ1v) is 9.70. The normalized spacial score (nSPS) is 10.2. The van der Waals surface area contributed by atoms with E-state index in [-0.39, 0.29) is 22.5 Å². The van der Waals surface area contributed by atoms with Gasteiger partial charge in [-0.1, -0.05) is 5.92 Å². The van der Waals surface area contributed by atoms with Crippen LogP contribution >= 0.6 is 11.3 Å². The molecular formula is C22H12N4O4S. The molecule has 0 bridgehead atoms. The number of nitrogens with zero attached hydrogens (tertiary/aromatic N) is 4. The Morgan fingerprint density at radius 3 is 2.03 bits per heavy atom. The Hall–Kier alpha value is -4.42. The molecule has 0 aliphatic carbocycles. The first-order valence-electron chi connectivity index (χ1n) is 8.82. The van der Waals surface area contributed by atoms with E-state index < -0.39 is 11.9 Å². The number of hydrogen-bond acceptors (Lipinski definition) is 7. The fourth-order valence-electron chi connectivity index (χ4n) is 2.68. The van der Waals surface area contributed by atoms with Crippen LogP contribution in [0.4, 0.5) is 0 Å². The lowest BCUT2D eigenvalue weighted by molar-refractivity contribution is 0.0686. The highest BCUT2D eigenvalue weighted by Crippen LogP contribution is 2.24. The Bertz CT molecular complexity index is 1360. The smallest absolute Gasteiger partial charge is 0.335 e. The third-order valence-corrected chi connectivity index (χ3v) is 4.80. The molecule has 4 aromatic rings. The van der Waals surface area contributed by atoms with E-state index in [0.29, 0.717) is 22.0 Å². The van der Waals surface area contributed by atoms with Gasteiger partial charge in [-0.05, 0) is 42.3 Å². The van der Waals surface area contributed by atoms with Crippen LogP contribution in [-0.4, -0.2) is 42.1 Å². The summed E-state index contributed by atoms with van der Waals surface area (Å²) in [4.78, 5) is 39.9. The maximum atomic E-state index is 11.7. The van der Waals surface area contributed by atoms with Crippen molar-refractivity contribution in [1.82, 2.24) is 19.9 Å². The monoisotopic (exact) mass is 428 g/mol. The van der Waals surface area contributed by atoms with E-state index in [0.717, 1.165) is 0 Å². The van der Waals surface area contributed by atoms with Crippen molar-refractivity contribution in [3.8, 4) is 34.6 Å². The highest BCUT2D eigenvalue weighted by Gasteiger charge is 2.14. The SMILES string of the molecule is O=C(O)c1ccnc(-c2cc(C(=O)O)cc(-c3cc(C#Cc4nccs4)ccn3)n2)c1. The van der Waals surface area contributed by atoms with E-state index in [1.54, 1.807) is 24.5 Å². The van der Waals surface area contributed by atoms with Gasteiger partial charge in [-0.25, -0.2) is 19.6 Å². The van der Waals surface area contributed by atoms with Crippen molar-refractivity contribution in [3.63, 3.8) is 0 Å². The number of aromatic carboxylic acids is 2. The van der Waals surface area contributed by atoms with Gasteiger partial charge in [-0.15, -0.1) is 11.3 Å². The van der Waals surface area contributed by atoms with Gasteiger partial charge in [0.1, 0.15) is 0 Å². The van der Waals surface area contributed by atoms with Crippen LogP contribution in [0.25, 0.3) is 22.8 Å². The minimum Gasteiger partial charge on any atom is -0.478 e. The van der Waals surface area contributed by atoms with Crippen molar-refractivity contribution >= 4 is 23.3 Å². The molecule has 0 unspecified atom stereocenters. The Kier molecular flexibility index (Phi) is 5.47. The van der Waals surface area contributed by atoms with Crippen LogP contribution in [0.2, 0.25) is 0 Å². The number of thiazole rings is 1. The Morgan fingerprint density at radius 2 is 1.39 bits per heavy atom. The van der Waals surface area contributed by atoms with Crippen LogP contribution in [0, 0.1) is 11.8 Å². The van der Waals surface area contributed by atoms with Gasteiger partial charge in [0.15, 0.2) is 5.01 Å². The zero-order chi connectivity index (χ0) is 21.8. The summed E-state index contributed by atoms with van der Waals surface area (Å²) in [6, 6.07) is 8.84. The maximum absolute atomic E-state index is 11.7. The number of pyridine rings is 3. The highest BCUT2D eigenvalue weighted by molar-refractivity contribution is 7.10. The van der Waals surface area contributed by atoms with Crippen molar-refractivity contribution in [2.24, 2.45) is 0 Å². The van der Waals surface area contributed by atoms with Gasteiger partial charge in [0.05, 0.1) is 33.9 Å². The van der Waals surface area contributed by atoms with Crippen LogP contribution in [0.1, 0.15) is 31.3 Å². The van der Waals surface area contributed by atoms with Crippen molar-refractivity contribution in [2.45, 2.75) is 0 Å². The Balaban J connectivity index is 1.79. The van der Waals surface area contributed by atoms with Crippen LogP contribution in [0.5, 0.6) is 0 Å². The average Bonchev–Trinajstić information content (AvgIpc) is 3.31. The summed E-state index contributed by atoms with van der Waals surface area (Å²) < 4.78 is 0. The second-order valence-corrected chi connectivity index (χ2v) is 7.08. The molecule has 4 aromatic heterocycles. The van der Waals surface area contributed by atoms with E-state index in [1.165, 1.54) is 41.8 Å². The number of carboxylic acids is 2. The quantitative estimate of drug-likeness (QED) is 0.473. The summed E-state index contributed by atoms with van der Waals surface area (Å²) >= 11 is 1.42. The van der Waals surface area contributed by atoms with Gasteiger partial charge < -0.3 is 10.2 Å². The molecule has 0 amide bonds. The van der Waals surface area contributed by atoms with Crippen molar-refractivity contribution in [1.29, 1.82) is 0 Å². The second kappa shape index (κ2) is 8.52. The van der Waals surface area contributed by atoms with E-state index in [2.05, 4.69) is 31.8 Å². The predicted octanol–water partition coefficient (Wildman–Crippen LogP) is 3.46. The molecule has 0 aliphatic rings. The fraction of sp³-hybridized carbons (Fsp3) is 0. The molecule has 0 spiro atoms. The number of carbonyl (C=O) groups is 2. The predicted molar refractivity (Wildman–Crippen MR) is 113 cm³/mol. The lowest BCUT2D eigenvalue weighted by Gasteiger charge is -2.07. The van der Waals surface area contributed by atoms with Gasteiger partial charge in [0, 0.05) is 29.5 Å². The minimum atomic E-state index is -1.15. The number of hydrogen-bond donors (Lipinski definition) is 2. The summed E-state index contributed by atoms with van der Waals surface area (Å²) in [6.07, 6.45) is 4.56. The Morgan fingerprint density at radius 1 is 0.742 bits per heavy atom. The summed E-state index contributed by atoms with van der Waals surface area (Å²) in [5.41, 5.74) is 1.84. The van der Waals surface area contributed by atoms with Gasteiger partial charge in [-0.2, -0.15) is 0 Å². The zero-order valence-electron chi connectivity index (χ0n) is 15.7. The molecule has 0 saturated carbocycles. The Labute approximate surface area is 179 Å². The topological polar surface area (TPSA) is 126 Å². The minimum absolute atomic E-state index is 0.0201. The molecular weight excluding hydrogens is 416 g/mol. The summed E-state index contributed by atoms with van der Waals surface area (Å²) in [7, 11) is 0. The first kappa shape index (κ1) is 19.9. The van der Waals surface area contributed by atoms with Crippen LogP contribution < -0.4 is 0 Å². The third kappa shape index (κ3) is 4.60. The summed E-state index contributed by atoms with van der Waals surface area (Å²) in [5.74, 6) is 3.68. The molecule has 0 radical (unpaired) electrons. The molecule has 8 nitrogen and oxygen atoms in total. The molecule has 0 atom stereocenters. The fourth-order valence-corrected chi connectivity index (χ4v) is 3.16. The number of aromatic nitrogens is 4. The van der Waals surface area contributed by atoms with Crippen molar-refractivity contribution < 1.29 is 19.8 Å². The van der Waals surface area contributed by atoms with Gasteiger partial charge in [0.2, 0.25) is 0 Å². The van der Waals surface area contributed by atoms with Crippen LogP contribution in [-0.2, 0) is 0 Å². The molecule has 0 fully saturated rings. The molecule has 0 aromatic carbocycles. The molecule has 31 heavy (non-hydrogen) atoms. The van der Waals surface area contributed by atoms with Crippen LogP contribution in [0.15, 0.2) is 60.4 Å². The lowest BCUT2D eigenvalue weighted by atomic mass is 10.1. The number of carboxylic acid groups (broad SMARTS) is 2. The van der Waals surface area contributed by atoms with Crippen molar-refractivity contribution in [3.05, 3.63) is 82.1 Å². The molecule has 4 rings (SSSR count). The van der Waals surface area contributed by atoms with Crippen LogP contribution in [0.3, 0.4) is 0 Å². The molecule has 150 valence electrons. The number of rotatable bonds is 4. The van der Waals surface area contributed by atoms with Gasteiger partial charge in [0.25, 0.3) is 0 Å². The average molecular weight is 428 g/mol. The zero-order valence-corrected chi connectivity index (χ0v) is 16.5. The first-order chi connectivity index (χ1) is 15.0. The molecule has 4 heterocycles. The largest absolute Gasteiger partial charge is 0.478 e. The van der Waals surface area contributed by atoms with E-state index in [9.17, 15) is 19.8 Å². The molecule has 0 aliphatic heterocycles. The molecule has 2 N–H and O–H groups in total.